The number of fused-ring (bicyclic) bond motifs is 5. The number of aromatic hydroxyl groups is 1. The van der Waals surface area contributed by atoms with Crippen molar-refractivity contribution in [3.05, 3.63) is 29.3 Å². The normalized spacial score (nSPS) is 38.1. The molecule has 5 nitrogen and oxygen atoms in total. The van der Waals surface area contributed by atoms with Crippen molar-refractivity contribution in [2.24, 2.45) is 17.3 Å². The van der Waals surface area contributed by atoms with Gasteiger partial charge in [-0.25, -0.2) is 0 Å². The lowest BCUT2D eigenvalue weighted by Gasteiger charge is -2.53. The molecule has 150 valence electrons. The highest BCUT2D eigenvalue weighted by atomic mass is 32.2. The monoisotopic (exact) mass is 394 g/mol. The summed E-state index contributed by atoms with van der Waals surface area (Å²) >= 11 is 0. The average molecular weight is 395 g/mol. The molecule has 1 aromatic carbocycles. The Morgan fingerprint density at radius 3 is 2.74 bits per heavy atom. The van der Waals surface area contributed by atoms with Crippen LogP contribution in [0.4, 0.5) is 0 Å². The number of phenols is 1. The van der Waals surface area contributed by atoms with Crippen LogP contribution in [0.15, 0.2) is 18.2 Å². The van der Waals surface area contributed by atoms with Crippen LogP contribution in [0.3, 0.4) is 0 Å². The van der Waals surface area contributed by atoms with Crippen LogP contribution in [0.25, 0.3) is 0 Å². The largest absolute Gasteiger partial charge is 0.508 e. The molecule has 4 rings (SSSR count). The minimum Gasteiger partial charge on any atom is -0.508 e. The Hall–Kier alpha value is -1.11. The van der Waals surface area contributed by atoms with Crippen LogP contribution in [0, 0.1) is 17.3 Å². The first-order chi connectivity index (χ1) is 12.6. The minimum atomic E-state index is -3.48. The molecule has 2 saturated carbocycles. The van der Waals surface area contributed by atoms with E-state index in [0.29, 0.717) is 36.3 Å². The molecule has 0 amide bonds. The number of hydrogen-bond acceptors (Lipinski definition) is 5. The SMILES string of the molecule is C[C@]12CC[C@@H]3c4ccc(O)cc4CC[C@H]3[C@@H]1CC[C@@]2(O)CCOS(C)(=O)=O. The van der Waals surface area contributed by atoms with Crippen molar-refractivity contribution in [1.82, 2.24) is 0 Å². The second-order valence-electron chi connectivity index (χ2n) is 9.10. The predicted octanol–water partition coefficient (Wildman–Crippen LogP) is 3.35. The number of rotatable bonds is 4. The maximum absolute atomic E-state index is 11.5. The zero-order valence-corrected chi connectivity index (χ0v) is 17.0. The molecule has 0 unspecified atom stereocenters. The fourth-order valence-electron chi connectivity index (χ4n) is 6.45. The van der Waals surface area contributed by atoms with Gasteiger partial charge in [0, 0.05) is 6.42 Å². The maximum Gasteiger partial charge on any atom is 0.264 e. The van der Waals surface area contributed by atoms with Gasteiger partial charge >= 0.3 is 0 Å². The molecule has 0 radical (unpaired) electrons. The van der Waals surface area contributed by atoms with Crippen molar-refractivity contribution in [1.29, 1.82) is 0 Å². The van der Waals surface area contributed by atoms with Crippen molar-refractivity contribution in [3.63, 3.8) is 0 Å². The molecule has 0 bridgehead atoms. The number of aliphatic hydroxyl groups is 1. The van der Waals surface area contributed by atoms with Crippen molar-refractivity contribution in [3.8, 4) is 5.75 Å². The third kappa shape index (κ3) is 3.19. The van der Waals surface area contributed by atoms with Crippen LogP contribution in [-0.4, -0.2) is 37.1 Å². The molecule has 0 aromatic heterocycles. The Bertz CT molecular complexity index is 835. The highest BCUT2D eigenvalue weighted by Crippen LogP contribution is 2.65. The van der Waals surface area contributed by atoms with Crippen molar-refractivity contribution >= 4 is 10.1 Å². The number of hydrogen-bond donors (Lipinski definition) is 2. The van der Waals surface area contributed by atoms with Crippen molar-refractivity contribution in [2.45, 2.75) is 63.4 Å². The van der Waals surface area contributed by atoms with E-state index in [-0.39, 0.29) is 12.0 Å². The summed E-state index contributed by atoms with van der Waals surface area (Å²) in [5, 5.41) is 21.3. The number of aryl methyl sites for hydroxylation is 1. The van der Waals surface area contributed by atoms with Gasteiger partial charge in [-0.3, -0.25) is 4.18 Å². The first-order valence-electron chi connectivity index (χ1n) is 10.0. The number of phenolic OH excluding ortho intramolecular Hbond substituents is 1. The topological polar surface area (TPSA) is 83.8 Å². The summed E-state index contributed by atoms with van der Waals surface area (Å²) in [4.78, 5) is 0. The van der Waals surface area contributed by atoms with Gasteiger partial charge in [0.05, 0.1) is 18.5 Å². The Morgan fingerprint density at radius 2 is 2.00 bits per heavy atom. The Kier molecular flexibility index (Phi) is 4.60. The van der Waals surface area contributed by atoms with Gasteiger partial charge in [-0.2, -0.15) is 8.42 Å². The maximum atomic E-state index is 11.5. The van der Waals surface area contributed by atoms with Crippen molar-refractivity contribution in [2.75, 3.05) is 12.9 Å². The van der Waals surface area contributed by atoms with E-state index >= 15 is 0 Å². The summed E-state index contributed by atoms with van der Waals surface area (Å²) in [7, 11) is -3.48. The average Bonchev–Trinajstić information content (AvgIpc) is 2.85. The Labute approximate surface area is 161 Å². The van der Waals surface area contributed by atoms with Gasteiger partial charge in [-0.15, -0.1) is 0 Å². The lowest BCUT2D eigenvalue weighted by molar-refractivity contribution is -0.111. The zero-order chi connectivity index (χ0) is 19.4. The first kappa shape index (κ1) is 19.2. The lowest BCUT2D eigenvalue weighted by atomic mass is 9.53. The molecule has 2 N–H and O–H groups in total. The molecule has 1 aromatic rings. The molecule has 5 atom stereocenters. The fourth-order valence-corrected chi connectivity index (χ4v) is 6.84. The summed E-state index contributed by atoms with van der Waals surface area (Å²) in [6, 6.07) is 5.79. The Balaban J connectivity index is 1.55. The third-order valence-electron chi connectivity index (χ3n) is 7.84. The summed E-state index contributed by atoms with van der Waals surface area (Å²) < 4.78 is 27.5. The van der Waals surface area contributed by atoms with Crippen molar-refractivity contribution < 1.29 is 22.8 Å². The molecule has 27 heavy (non-hydrogen) atoms. The van der Waals surface area contributed by atoms with Gasteiger partial charge < -0.3 is 10.2 Å². The summed E-state index contributed by atoms with van der Waals surface area (Å²) in [6.07, 6.45) is 7.17. The highest BCUT2D eigenvalue weighted by Gasteiger charge is 2.61. The van der Waals surface area contributed by atoms with E-state index in [1.54, 1.807) is 6.07 Å². The first-order valence-corrected chi connectivity index (χ1v) is 11.8. The predicted molar refractivity (Wildman–Crippen MR) is 103 cm³/mol. The van der Waals surface area contributed by atoms with E-state index < -0.39 is 15.7 Å². The summed E-state index contributed by atoms with van der Waals surface area (Å²) in [5.41, 5.74) is 1.60. The lowest BCUT2D eigenvalue weighted by Crippen LogP contribution is -2.51. The van der Waals surface area contributed by atoms with Gasteiger partial charge in [0.1, 0.15) is 5.75 Å². The molecule has 0 aliphatic heterocycles. The molecule has 2 fully saturated rings. The van der Waals surface area contributed by atoms with Gasteiger partial charge in [0.2, 0.25) is 0 Å². The third-order valence-corrected chi connectivity index (χ3v) is 8.44. The van der Waals surface area contributed by atoms with Crippen LogP contribution in [0.5, 0.6) is 5.75 Å². The van der Waals surface area contributed by atoms with Crippen LogP contribution in [0.1, 0.15) is 62.5 Å². The van der Waals surface area contributed by atoms with E-state index in [9.17, 15) is 18.6 Å². The quantitative estimate of drug-likeness (QED) is 0.765. The molecule has 6 heteroatoms. The van der Waals surface area contributed by atoms with Gasteiger partial charge in [-0.05, 0) is 85.0 Å². The van der Waals surface area contributed by atoms with Gasteiger partial charge in [-0.1, -0.05) is 13.0 Å². The molecule has 0 heterocycles. The fraction of sp³-hybridized carbons (Fsp3) is 0.714. The molecular weight excluding hydrogens is 364 g/mol. The Morgan fingerprint density at radius 1 is 1.22 bits per heavy atom. The van der Waals surface area contributed by atoms with E-state index in [1.807, 2.05) is 6.07 Å². The second kappa shape index (κ2) is 6.46. The van der Waals surface area contributed by atoms with Crippen LogP contribution < -0.4 is 0 Å². The molecule has 3 aliphatic rings. The van der Waals surface area contributed by atoms with Crippen LogP contribution >= 0.6 is 0 Å². The summed E-state index contributed by atoms with van der Waals surface area (Å²) in [5.74, 6) is 1.84. The molecular formula is C21H30O5S. The van der Waals surface area contributed by atoms with E-state index in [0.717, 1.165) is 38.4 Å². The van der Waals surface area contributed by atoms with E-state index in [2.05, 4.69) is 13.0 Å². The van der Waals surface area contributed by atoms with Crippen LogP contribution in [-0.2, 0) is 20.7 Å². The number of benzene rings is 1. The van der Waals surface area contributed by atoms with Gasteiger partial charge in [0.25, 0.3) is 10.1 Å². The van der Waals surface area contributed by atoms with E-state index in [1.165, 1.54) is 11.1 Å². The highest BCUT2D eigenvalue weighted by molar-refractivity contribution is 7.85. The molecule has 3 aliphatic carbocycles. The van der Waals surface area contributed by atoms with Crippen LogP contribution in [0.2, 0.25) is 0 Å². The smallest absolute Gasteiger partial charge is 0.264 e. The second-order valence-corrected chi connectivity index (χ2v) is 10.7. The standard InChI is InChI=1S/C21H30O5S/c1-20-9-7-17-16-6-4-15(22)13-14(16)3-5-18(17)19(20)8-10-21(20,23)11-12-26-27(2,24)25/h4,6,13,17-19,22-23H,3,5,7-12H2,1-2H3/t17-,18-,19+,20+,21-/m1/s1. The molecule has 0 saturated heterocycles. The minimum absolute atomic E-state index is 0.0495. The zero-order valence-electron chi connectivity index (χ0n) is 16.1. The summed E-state index contributed by atoms with van der Waals surface area (Å²) in [6.45, 7) is 2.25. The van der Waals surface area contributed by atoms with E-state index in [4.69, 9.17) is 4.18 Å². The molecule has 0 spiro atoms. The van der Waals surface area contributed by atoms with Gasteiger partial charge in [0.15, 0.2) is 0 Å².